The van der Waals surface area contributed by atoms with Crippen molar-refractivity contribution in [2.24, 2.45) is 0 Å². The Morgan fingerprint density at radius 2 is 1.96 bits per heavy atom. The van der Waals surface area contributed by atoms with Crippen LogP contribution >= 0.6 is 0 Å². The second-order valence-corrected chi connectivity index (χ2v) is 5.73. The lowest BCUT2D eigenvalue weighted by atomic mass is 10.2. The zero-order valence-electron chi connectivity index (χ0n) is 13.9. The Kier molecular flexibility index (Phi) is 4.90. The average molecular weight is 345 g/mol. The Bertz CT molecular complexity index is 758. The summed E-state index contributed by atoms with van der Waals surface area (Å²) in [5.74, 6) is 0.367. The molecule has 0 bridgehead atoms. The molecule has 0 aliphatic carbocycles. The lowest BCUT2D eigenvalue weighted by Crippen LogP contribution is -2.40. The van der Waals surface area contributed by atoms with E-state index in [-0.39, 0.29) is 19.4 Å². The summed E-state index contributed by atoms with van der Waals surface area (Å²) in [5, 5.41) is 5.15. The number of nitrogens with zero attached hydrogens (tertiary/aromatic N) is 1. The number of hydrogen-bond acceptors (Lipinski definition) is 6. The number of amides is 2. The molecule has 1 aromatic carbocycles. The van der Waals surface area contributed by atoms with Gasteiger partial charge in [0.1, 0.15) is 5.76 Å². The third kappa shape index (κ3) is 3.92. The quantitative estimate of drug-likeness (QED) is 0.795. The van der Waals surface area contributed by atoms with E-state index in [4.69, 9.17) is 13.9 Å². The molecule has 1 atom stereocenters. The smallest absolute Gasteiger partial charge is 0.313 e. The zero-order valence-corrected chi connectivity index (χ0v) is 13.9. The first kappa shape index (κ1) is 16.8. The molecule has 0 fully saturated rings. The minimum Gasteiger partial charge on any atom is -0.468 e. The number of anilines is 1. The van der Waals surface area contributed by atoms with Crippen LogP contribution < -0.4 is 20.1 Å². The van der Waals surface area contributed by atoms with Gasteiger partial charge in [-0.15, -0.1) is 0 Å². The Hall–Kier alpha value is -3.00. The molecule has 1 unspecified atom stereocenters. The van der Waals surface area contributed by atoms with Crippen LogP contribution in [0.15, 0.2) is 41.0 Å². The van der Waals surface area contributed by atoms with Crippen molar-refractivity contribution < 1.29 is 23.5 Å². The van der Waals surface area contributed by atoms with Crippen molar-refractivity contribution in [3.8, 4) is 11.5 Å². The van der Waals surface area contributed by atoms with Crippen LogP contribution in [0.25, 0.3) is 0 Å². The molecule has 2 N–H and O–H groups in total. The van der Waals surface area contributed by atoms with Gasteiger partial charge in [-0.25, -0.2) is 0 Å². The summed E-state index contributed by atoms with van der Waals surface area (Å²) in [6.07, 6.45) is 1.57. The summed E-state index contributed by atoms with van der Waals surface area (Å²) in [5.41, 5.74) is 0.458. The molecule has 2 amide bonds. The van der Waals surface area contributed by atoms with E-state index in [9.17, 15) is 9.59 Å². The van der Waals surface area contributed by atoms with Crippen LogP contribution in [0.4, 0.5) is 5.69 Å². The van der Waals surface area contributed by atoms with Crippen molar-refractivity contribution >= 4 is 17.5 Å². The predicted octanol–water partition coefficient (Wildman–Crippen LogP) is 1.37. The molecule has 1 aliphatic rings. The molecule has 25 heavy (non-hydrogen) atoms. The van der Waals surface area contributed by atoms with Crippen molar-refractivity contribution in [2.75, 3.05) is 32.7 Å². The van der Waals surface area contributed by atoms with Gasteiger partial charge in [-0.1, -0.05) is 0 Å². The summed E-state index contributed by atoms with van der Waals surface area (Å²) >= 11 is 0. The van der Waals surface area contributed by atoms with Gasteiger partial charge in [0, 0.05) is 18.3 Å². The molecule has 0 saturated heterocycles. The molecule has 132 valence electrons. The third-order valence-corrected chi connectivity index (χ3v) is 3.79. The number of hydrogen-bond donors (Lipinski definition) is 2. The van der Waals surface area contributed by atoms with Crippen molar-refractivity contribution in [2.45, 2.75) is 6.04 Å². The molecule has 3 rings (SSSR count). The first-order valence-electron chi connectivity index (χ1n) is 7.73. The van der Waals surface area contributed by atoms with Gasteiger partial charge in [-0.05, 0) is 38.4 Å². The predicted molar refractivity (Wildman–Crippen MR) is 89.3 cm³/mol. The Morgan fingerprint density at radius 1 is 1.16 bits per heavy atom. The summed E-state index contributed by atoms with van der Waals surface area (Å²) in [7, 11) is 3.73. The minimum atomic E-state index is -0.754. The number of carbonyl (C=O) groups is 2. The number of carbonyl (C=O) groups excluding carboxylic acids is 2. The van der Waals surface area contributed by atoms with Gasteiger partial charge in [0.05, 0.1) is 12.3 Å². The summed E-state index contributed by atoms with van der Waals surface area (Å²) in [6.45, 7) is 0.389. The molecule has 0 spiro atoms. The van der Waals surface area contributed by atoms with Gasteiger partial charge < -0.3 is 24.5 Å². The number of rotatable bonds is 5. The third-order valence-electron chi connectivity index (χ3n) is 3.79. The highest BCUT2D eigenvalue weighted by Crippen LogP contribution is 2.34. The monoisotopic (exact) mass is 345 g/mol. The number of nitrogens with one attached hydrogen (secondary N) is 2. The van der Waals surface area contributed by atoms with Crippen molar-refractivity contribution in [3.63, 3.8) is 0 Å². The van der Waals surface area contributed by atoms with E-state index in [1.165, 1.54) is 0 Å². The van der Waals surface area contributed by atoms with Crippen LogP contribution in [0.2, 0.25) is 0 Å². The maximum Gasteiger partial charge on any atom is 0.313 e. The minimum absolute atomic E-state index is 0.145. The molecule has 0 radical (unpaired) electrons. The van der Waals surface area contributed by atoms with Crippen molar-refractivity contribution in [3.05, 3.63) is 42.4 Å². The maximum absolute atomic E-state index is 12.0. The van der Waals surface area contributed by atoms with Crippen LogP contribution in [0.1, 0.15) is 11.8 Å². The first-order valence-corrected chi connectivity index (χ1v) is 7.73. The lowest BCUT2D eigenvalue weighted by molar-refractivity contribution is -0.136. The van der Waals surface area contributed by atoms with E-state index in [0.717, 1.165) is 0 Å². The van der Waals surface area contributed by atoms with Gasteiger partial charge in [0.25, 0.3) is 0 Å². The summed E-state index contributed by atoms with van der Waals surface area (Å²) in [4.78, 5) is 26.0. The van der Waals surface area contributed by atoms with Crippen LogP contribution in [-0.2, 0) is 9.59 Å². The summed E-state index contributed by atoms with van der Waals surface area (Å²) in [6, 6.07) is 8.36. The molecule has 0 saturated carbocycles. The van der Waals surface area contributed by atoms with E-state index in [2.05, 4.69) is 10.6 Å². The van der Waals surface area contributed by atoms with Crippen molar-refractivity contribution in [1.29, 1.82) is 0 Å². The molecule has 8 nitrogen and oxygen atoms in total. The Labute approximate surface area is 144 Å². The standard InChI is InChI=1S/C17H19N3O5/c1-20(2)12(13-4-3-7-23-13)9-18-16(21)17(22)19-11-5-6-14-15(8-11)25-10-24-14/h3-8,12H,9-10H2,1-2H3,(H,18,21)(H,19,22). The fraction of sp³-hybridized carbons (Fsp3) is 0.294. The lowest BCUT2D eigenvalue weighted by Gasteiger charge is -2.22. The molecular formula is C17H19N3O5. The molecule has 1 aromatic heterocycles. The van der Waals surface area contributed by atoms with Crippen LogP contribution in [-0.4, -0.2) is 44.1 Å². The maximum atomic E-state index is 12.0. The highest BCUT2D eigenvalue weighted by Gasteiger charge is 2.21. The van der Waals surface area contributed by atoms with E-state index in [0.29, 0.717) is 22.9 Å². The molecule has 2 heterocycles. The number of furan rings is 1. The van der Waals surface area contributed by atoms with E-state index in [1.54, 1.807) is 30.5 Å². The molecule has 2 aromatic rings. The second kappa shape index (κ2) is 7.27. The topological polar surface area (TPSA) is 93.0 Å². The number of benzene rings is 1. The van der Waals surface area contributed by atoms with Gasteiger partial charge in [-0.3, -0.25) is 14.5 Å². The summed E-state index contributed by atoms with van der Waals surface area (Å²) < 4.78 is 15.8. The van der Waals surface area contributed by atoms with E-state index in [1.807, 2.05) is 25.1 Å². The highest BCUT2D eigenvalue weighted by atomic mass is 16.7. The zero-order chi connectivity index (χ0) is 17.8. The van der Waals surface area contributed by atoms with Gasteiger partial charge in [-0.2, -0.15) is 0 Å². The van der Waals surface area contributed by atoms with Gasteiger partial charge in [0.15, 0.2) is 11.5 Å². The number of fused-ring (bicyclic) bond motifs is 1. The fourth-order valence-electron chi connectivity index (χ4n) is 2.45. The van der Waals surface area contributed by atoms with Crippen LogP contribution in [0.5, 0.6) is 11.5 Å². The van der Waals surface area contributed by atoms with Gasteiger partial charge >= 0.3 is 11.8 Å². The fourth-order valence-corrected chi connectivity index (χ4v) is 2.45. The van der Waals surface area contributed by atoms with Crippen LogP contribution in [0.3, 0.4) is 0 Å². The average Bonchev–Trinajstić information content (AvgIpc) is 3.25. The van der Waals surface area contributed by atoms with E-state index < -0.39 is 11.8 Å². The number of likely N-dealkylation sites (N-methyl/N-ethyl adjacent to an activating group) is 1. The highest BCUT2D eigenvalue weighted by molar-refractivity contribution is 6.39. The molecule has 1 aliphatic heterocycles. The Morgan fingerprint density at radius 3 is 2.68 bits per heavy atom. The van der Waals surface area contributed by atoms with E-state index >= 15 is 0 Å². The second-order valence-electron chi connectivity index (χ2n) is 5.73. The Balaban J connectivity index is 1.56. The SMILES string of the molecule is CN(C)C(CNC(=O)C(=O)Nc1ccc2c(c1)OCO2)c1ccco1. The van der Waals surface area contributed by atoms with Gasteiger partial charge in [0.2, 0.25) is 6.79 Å². The van der Waals surface area contributed by atoms with Crippen LogP contribution in [0, 0.1) is 0 Å². The molecule has 8 heteroatoms. The molecular weight excluding hydrogens is 326 g/mol. The largest absolute Gasteiger partial charge is 0.468 e. The first-order chi connectivity index (χ1) is 12.0. The normalized spacial score (nSPS) is 13.6. The number of ether oxygens (including phenoxy) is 2. The van der Waals surface area contributed by atoms with Crippen molar-refractivity contribution in [1.82, 2.24) is 10.2 Å².